The number of nitrogens with one attached hydrogen (secondary N) is 1. The molecule has 2 saturated heterocycles. The predicted molar refractivity (Wildman–Crippen MR) is 116 cm³/mol. The van der Waals surface area contributed by atoms with Gasteiger partial charge in [-0.2, -0.15) is 0 Å². The van der Waals surface area contributed by atoms with Gasteiger partial charge in [0.05, 0.1) is 17.5 Å². The molecule has 2 aliphatic rings. The minimum Gasteiger partial charge on any atom is -0.489 e. The highest BCUT2D eigenvalue weighted by Gasteiger charge is 2.41. The van der Waals surface area contributed by atoms with Gasteiger partial charge in [0.15, 0.2) is 9.84 Å². The summed E-state index contributed by atoms with van der Waals surface area (Å²) in [6.45, 7) is 2.23. The number of sulfone groups is 1. The number of ether oxygens (including phenoxy) is 1. The molecule has 2 aromatic carbocycles. The fourth-order valence-electron chi connectivity index (χ4n) is 4.26. The summed E-state index contributed by atoms with van der Waals surface area (Å²) in [5, 5.41) is 2.98. The number of piperidine rings is 1. The van der Waals surface area contributed by atoms with Gasteiger partial charge in [-0.15, -0.1) is 0 Å². The average molecular weight is 429 g/mol. The molecule has 4 rings (SSSR count). The standard InChI is InChI=1S/C23H28N2O4S/c26-23(19-11-9-18(10-12-19)15-29-20-7-3-1-4-8-20)24-21-16-30(27,28)17-22(21)25-13-5-2-6-14-25/h1,3-4,7-12,21-22H,2,5-6,13-17H2,(H,24,26). The second-order valence-electron chi connectivity index (χ2n) is 8.12. The summed E-state index contributed by atoms with van der Waals surface area (Å²) in [7, 11) is -3.14. The largest absolute Gasteiger partial charge is 0.489 e. The molecule has 2 atom stereocenters. The second-order valence-corrected chi connectivity index (χ2v) is 10.3. The van der Waals surface area contributed by atoms with Crippen LogP contribution in [0.4, 0.5) is 0 Å². The van der Waals surface area contributed by atoms with Crippen LogP contribution in [0.3, 0.4) is 0 Å². The highest BCUT2D eigenvalue weighted by molar-refractivity contribution is 7.91. The molecule has 160 valence electrons. The molecule has 0 aromatic heterocycles. The van der Waals surface area contributed by atoms with Crippen LogP contribution >= 0.6 is 0 Å². The summed E-state index contributed by atoms with van der Waals surface area (Å²) in [5.41, 5.74) is 1.49. The quantitative estimate of drug-likeness (QED) is 0.766. The molecule has 6 nitrogen and oxygen atoms in total. The molecular weight excluding hydrogens is 400 g/mol. The first kappa shape index (κ1) is 20.9. The van der Waals surface area contributed by atoms with Crippen molar-refractivity contribution >= 4 is 15.7 Å². The van der Waals surface area contributed by atoms with Crippen molar-refractivity contribution in [1.82, 2.24) is 10.2 Å². The molecule has 2 unspecified atom stereocenters. The van der Waals surface area contributed by atoms with Crippen LogP contribution in [-0.2, 0) is 16.4 Å². The summed E-state index contributed by atoms with van der Waals surface area (Å²) >= 11 is 0. The average Bonchev–Trinajstić information content (AvgIpc) is 3.08. The molecule has 0 spiro atoms. The highest BCUT2D eigenvalue weighted by Crippen LogP contribution is 2.23. The zero-order valence-electron chi connectivity index (χ0n) is 17.0. The molecule has 1 amide bonds. The van der Waals surface area contributed by atoms with Gasteiger partial charge in [0, 0.05) is 11.6 Å². The first-order valence-electron chi connectivity index (χ1n) is 10.5. The first-order valence-corrected chi connectivity index (χ1v) is 12.3. The van der Waals surface area contributed by atoms with Crippen molar-refractivity contribution in [3.63, 3.8) is 0 Å². The summed E-state index contributed by atoms with van der Waals surface area (Å²) in [5.74, 6) is 0.719. The number of hydrogen-bond acceptors (Lipinski definition) is 5. The Hall–Kier alpha value is -2.38. The van der Waals surface area contributed by atoms with Gasteiger partial charge in [-0.05, 0) is 55.8 Å². The Labute approximate surface area is 178 Å². The van der Waals surface area contributed by atoms with E-state index >= 15 is 0 Å². The van der Waals surface area contributed by atoms with Gasteiger partial charge in [-0.1, -0.05) is 36.8 Å². The fourth-order valence-corrected chi connectivity index (χ4v) is 6.22. The number of nitrogens with zero attached hydrogens (tertiary/aromatic N) is 1. The van der Waals surface area contributed by atoms with Crippen LogP contribution < -0.4 is 10.1 Å². The maximum atomic E-state index is 12.8. The zero-order chi connectivity index (χ0) is 21.0. The number of rotatable bonds is 6. The first-order chi connectivity index (χ1) is 14.5. The number of para-hydroxylation sites is 1. The number of carbonyl (C=O) groups excluding carboxylic acids is 1. The molecular formula is C23H28N2O4S. The van der Waals surface area contributed by atoms with E-state index < -0.39 is 9.84 Å². The van der Waals surface area contributed by atoms with E-state index in [0.29, 0.717) is 12.2 Å². The van der Waals surface area contributed by atoms with Gasteiger partial charge >= 0.3 is 0 Å². The van der Waals surface area contributed by atoms with E-state index in [1.807, 2.05) is 42.5 Å². The maximum absolute atomic E-state index is 12.8. The van der Waals surface area contributed by atoms with E-state index in [0.717, 1.165) is 37.2 Å². The highest BCUT2D eigenvalue weighted by atomic mass is 32.2. The van der Waals surface area contributed by atoms with Crippen molar-refractivity contribution in [3.05, 3.63) is 65.7 Å². The second kappa shape index (κ2) is 9.18. The monoisotopic (exact) mass is 428 g/mol. The van der Waals surface area contributed by atoms with E-state index in [1.165, 1.54) is 6.42 Å². The Morgan fingerprint density at radius 2 is 1.67 bits per heavy atom. The third kappa shape index (κ3) is 5.21. The molecule has 2 fully saturated rings. The molecule has 30 heavy (non-hydrogen) atoms. The van der Waals surface area contributed by atoms with Crippen LogP contribution in [0, 0.1) is 0 Å². The van der Waals surface area contributed by atoms with Crippen molar-refractivity contribution < 1.29 is 17.9 Å². The third-order valence-electron chi connectivity index (χ3n) is 5.86. The molecule has 2 aliphatic heterocycles. The van der Waals surface area contributed by atoms with Gasteiger partial charge in [-0.3, -0.25) is 9.69 Å². The van der Waals surface area contributed by atoms with E-state index in [4.69, 9.17) is 4.74 Å². The van der Waals surface area contributed by atoms with E-state index in [-0.39, 0.29) is 29.5 Å². The number of likely N-dealkylation sites (tertiary alicyclic amines) is 1. The minimum absolute atomic E-state index is 0.0168. The van der Waals surface area contributed by atoms with Gasteiger partial charge in [0.2, 0.25) is 0 Å². The lowest BCUT2D eigenvalue weighted by atomic mass is 10.0. The summed E-state index contributed by atoms with van der Waals surface area (Å²) < 4.78 is 30.2. The van der Waals surface area contributed by atoms with Crippen molar-refractivity contribution in [2.24, 2.45) is 0 Å². The van der Waals surface area contributed by atoms with Crippen molar-refractivity contribution in [1.29, 1.82) is 0 Å². The van der Waals surface area contributed by atoms with Crippen LogP contribution in [0.15, 0.2) is 54.6 Å². The van der Waals surface area contributed by atoms with Gasteiger partial charge in [0.25, 0.3) is 5.91 Å². The van der Waals surface area contributed by atoms with Crippen LogP contribution in [-0.4, -0.2) is 55.9 Å². The number of hydrogen-bond donors (Lipinski definition) is 1. The van der Waals surface area contributed by atoms with Crippen LogP contribution in [0.2, 0.25) is 0 Å². The van der Waals surface area contributed by atoms with Crippen molar-refractivity contribution in [2.45, 2.75) is 38.0 Å². The number of amides is 1. The lowest BCUT2D eigenvalue weighted by Crippen LogP contribution is -2.52. The Morgan fingerprint density at radius 1 is 0.967 bits per heavy atom. The summed E-state index contributed by atoms with van der Waals surface area (Å²) in [6, 6.07) is 16.3. The Kier molecular flexibility index (Phi) is 6.39. The molecule has 0 aliphatic carbocycles. The van der Waals surface area contributed by atoms with E-state index in [1.54, 1.807) is 12.1 Å². The third-order valence-corrected chi connectivity index (χ3v) is 7.58. The molecule has 2 aromatic rings. The molecule has 0 radical (unpaired) electrons. The van der Waals surface area contributed by atoms with Crippen LogP contribution in [0.1, 0.15) is 35.2 Å². The predicted octanol–water partition coefficient (Wildman–Crippen LogP) is 2.65. The molecule has 7 heteroatoms. The van der Waals surface area contributed by atoms with Gasteiger partial charge < -0.3 is 10.1 Å². The van der Waals surface area contributed by atoms with Crippen molar-refractivity contribution in [3.8, 4) is 5.75 Å². The molecule has 1 N–H and O–H groups in total. The number of carbonyl (C=O) groups is 1. The molecule has 2 heterocycles. The van der Waals surface area contributed by atoms with Crippen LogP contribution in [0.25, 0.3) is 0 Å². The van der Waals surface area contributed by atoms with E-state index in [2.05, 4.69) is 10.2 Å². The smallest absolute Gasteiger partial charge is 0.251 e. The fraction of sp³-hybridized carbons (Fsp3) is 0.435. The molecule has 0 saturated carbocycles. The van der Waals surface area contributed by atoms with E-state index in [9.17, 15) is 13.2 Å². The minimum atomic E-state index is -3.14. The van der Waals surface area contributed by atoms with Crippen molar-refractivity contribution in [2.75, 3.05) is 24.6 Å². The topological polar surface area (TPSA) is 75.7 Å². The maximum Gasteiger partial charge on any atom is 0.251 e. The lowest BCUT2D eigenvalue weighted by molar-refractivity contribution is 0.0900. The summed E-state index contributed by atoms with van der Waals surface area (Å²) in [4.78, 5) is 15.0. The molecule has 0 bridgehead atoms. The number of benzene rings is 2. The Bertz CT molecular complexity index is 954. The Morgan fingerprint density at radius 3 is 2.37 bits per heavy atom. The Balaban J connectivity index is 1.37. The van der Waals surface area contributed by atoms with Gasteiger partial charge in [-0.25, -0.2) is 8.42 Å². The zero-order valence-corrected chi connectivity index (χ0v) is 17.8. The normalized spacial score (nSPS) is 23.7. The summed E-state index contributed by atoms with van der Waals surface area (Å²) in [6.07, 6.45) is 3.36. The van der Waals surface area contributed by atoms with Crippen LogP contribution in [0.5, 0.6) is 5.75 Å². The van der Waals surface area contributed by atoms with Gasteiger partial charge in [0.1, 0.15) is 12.4 Å². The lowest BCUT2D eigenvalue weighted by Gasteiger charge is -2.35. The SMILES string of the molecule is O=C(NC1CS(=O)(=O)CC1N1CCCCC1)c1ccc(COc2ccccc2)cc1.